The maximum Gasteiger partial charge on any atom is 0.134 e. The zero-order chi connectivity index (χ0) is 14.7. The number of fused-ring (bicyclic) bond motifs is 1. The van der Waals surface area contributed by atoms with Crippen LogP contribution in [0.15, 0.2) is 52.9 Å². The van der Waals surface area contributed by atoms with Crippen molar-refractivity contribution in [2.24, 2.45) is 0 Å². The molecule has 3 rings (SSSR count). The van der Waals surface area contributed by atoms with Crippen LogP contribution in [0.5, 0.6) is 0 Å². The Balaban J connectivity index is 1.54. The van der Waals surface area contributed by atoms with Crippen molar-refractivity contribution >= 4 is 11.0 Å². The number of hydrogen-bond acceptors (Lipinski definition) is 2. The van der Waals surface area contributed by atoms with Crippen molar-refractivity contribution in [2.75, 3.05) is 6.54 Å². The van der Waals surface area contributed by atoms with Gasteiger partial charge in [-0.05, 0) is 55.3 Å². The fourth-order valence-corrected chi connectivity index (χ4v) is 2.50. The minimum absolute atomic E-state index is 0.175. The maximum absolute atomic E-state index is 13.0. The molecule has 0 unspecified atom stereocenters. The summed E-state index contributed by atoms with van der Waals surface area (Å²) in [4.78, 5) is 0. The van der Waals surface area contributed by atoms with E-state index in [0.29, 0.717) is 6.54 Å². The molecule has 108 valence electrons. The average molecular weight is 283 g/mol. The molecule has 0 saturated carbocycles. The van der Waals surface area contributed by atoms with Crippen LogP contribution in [-0.4, -0.2) is 6.54 Å². The van der Waals surface area contributed by atoms with Crippen molar-refractivity contribution in [2.45, 2.75) is 19.9 Å². The summed E-state index contributed by atoms with van der Waals surface area (Å²) in [5.41, 5.74) is 3.10. The molecule has 1 aromatic heterocycles. The Bertz CT molecular complexity index is 715. The van der Waals surface area contributed by atoms with Gasteiger partial charge in [-0.1, -0.05) is 24.3 Å². The van der Waals surface area contributed by atoms with Gasteiger partial charge in [-0.3, -0.25) is 0 Å². The summed E-state index contributed by atoms with van der Waals surface area (Å²) >= 11 is 0. The van der Waals surface area contributed by atoms with Crippen LogP contribution in [0, 0.1) is 12.7 Å². The molecule has 3 heteroatoms. The number of benzene rings is 2. The summed E-state index contributed by atoms with van der Waals surface area (Å²) in [5.74, 6) is 0.763. The number of para-hydroxylation sites is 1. The quantitative estimate of drug-likeness (QED) is 0.709. The lowest BCUT2D eigenvalue weighted by atomic mass is 10.1. The van der Waals surface area contributed by atoms with Crippen LogP contribution in [0.2, 0.25) is 0 Å². The predicted molar refractivity (Wildman–Crippen MR) is 82.8 cm³/mol. The van der Waals surface area contributed by atoms with E-state index < -0.39 is 0 Å². The molecule has 2 nitrogen and oxygen atoms in total. The van der Waals surface area contributed by atoms with Gasteiger partial charge in [-0.2, -0.15) is 0 Å². The van der Waals surface area contributed by atoms with E-state index in [1.807, 2.05) is 37.3 Å². The molecule has 0 amide bonds. The second-order valence-corrected chi connectivity index (χ2v) is 5.25. The highest BCUT2D eigenvalue weighted by Gasteiger charge is 2.03. The van der Waals surface area contributed by atoms with E-state index >= 15 is 0 Å². The number of aryl methyl sites for hydroxylation is 1. The topological polar surface area (TPSA) is 25.2 Å². The Morgan fingerprint density at radius 1 is 1.10 bits per heavy atom. The lowest BCUT2D eigenvalue weighted by molar-refractivity contribution is 0.515. The predicted octanol–water partition coefficient (Wildman–Crippen LogP) is 4.21. The first kappa shape index (κ1) is 13.8. The van der Waals surface area contributed by atoms with Gasteiger partial charge < -0.3 is 9.73 Å². The molecular weight excluding hydrogens is 265 g/mol. The second-order valence-electron chi connectivity index (χ2n) is 5.25. The van der Waals surface area contributed by atoms with Gasteiger partial charge in [-0.25, -0.2) is 4.39 Å². The first-order valence-electron chi connectivity index (χ1n) is 7.15. The number of rotatable bonds is 5. The van der Waals surface area contributed by atoms with E-state index in [9.17, 15) is 4.39 Å². The Kier molecular flexibility index (Phi) is 4.02. The van der Waals surface area contributed by atoms with E-state index in [1.54, 1.807) is 6.07 Å². The number of furan rings is 1. The molecule has 0 radical (unpaired) electrons. The third kappa shape index (κ3) is 3.31. The first-order valence-corrected chi connectivity index (χ1v) is 7.15. The van der Waals surface area contributed by atoms with Gasteiger partial charge in [0.25, 0.3) is 0 Å². The van der Waals surface area contributed by atoms with E-state index in [2.05, 4.69) is 11.4 Å². The van der Waals surface area contributed by atoms with E-state index in [-0.39, 0.29) is 5.82 Å². The van der Waals surface area contributed by atoms with Crippen LogP contribution in [-0.2, 0) is 13.0 Å². The summed E-state index contributed by atoms with van der Waals surface area (Å²) in [7, 11) is 0. The van der Waals surface area contributed by atoms with Gasteiger partial charge in [0.05, 0.1) is 6.54 Å². The highest BCUT2D eigenvalue weighted by atomic mass is 19.1. The molecule has 0 bridgehead atoms. The molecule has 0 atom stereocenters. The molecule has 1 N–H and O–H groups in total. The van der Waals surface area contributed by atoms with Gasteiger partial charge >= 0.3 is 0 Å². The molecule has 0 fully saturated rings. The Morgan fingerprint density at radius 2 is 1.95 bits per heavy atom. The molecular formula is C18H18FNO. The van der Waals surface area contributed by atoms with Gasteiger partial charge in [0.1, 0.15) is 17.2 Å². The van der Waals surface area contributed by atoms with Crippen LogP contribution >= 0.6 is 0 Å². The van der Waals surface area contributed by atoms with Crippen molar-refractivity contribution in [3.8, 4) is 0 Å². The Hall–Kier alpha value is -2.13. The molecule has 0 aliphatic rings. The van der Waals surface area contributed by atoms with Gasteiger partial charge in [0.2, 0.25) is 0 Å². The lowest BCUT2D eigenvalue weighted by Gasteiger charge is -2.06. The highest BCUT2D eigenvalue weighted by Crippen LogP contribution is 2.18. The van der Waals surface area contributed by atoms with E-state index in [4.69, 9.17) is 4.42 Å². The first-order chi connectivity index (χ1) is 10.2. The zero-order valence-electron chi connectivity index (χ0n) is 12.0. The highest BCUT2D eigenvalue weighted by molar-refractivity contribution is 5.77. The van der Waals surface area contributed by atoms with Crippen LogP contribution < -0.4 is 5.32 Å². The smallest absolute Gasteiger partial charge is 0.134 e. The van der Waals surface area contributed by atoms with Crippen LogP contribution in [0.25, 0.3) is 11.0 Å². The normalized spacial score (nSPS) is 11.1. The van der Waals surface area contributed by atoms with Crippen molar-refractivity contribution in [3.63, 3.8) is 0 Å². The Labute approximate surface area is 123 Å². The van der Waals surface area contributed by atoms with Gasteiger partial charge in [-0.15, -0.1) is 0 Å². The van der Waals surface area contributed by atoms with Crippen molar-refractivity contribution in [1.82, 2.24) is 5.32 Å². The summed E-state index contributed by atoms with van der Waals surface area (Å²) in [6.45, 7) is 3.48. The fraction of sp³-hybridized carbons (Fsp3) is 0.222. The average Bonchev–Trinajstić information content (AvgIpc) is 2.88. The molecule has 0 spiro atoms. The number of nitrogens with one attached hydrogen (secondary N) is 1. The van der Waals surface area contributed by atoms with Gasteiger partial charge in [0.15, 0.2) is 0 Å². The molecule has 21 heavy (non-hydrogen) atoms. The van der Waals surface area contributed by atoms with Crippen molar-refractivity contribution in [3.05, 3.63) is 71.2 Å². The molecule has 0 aliphatic carbocycles. The standard InChI is InChI=1S/C18H18FNO/c1-13-10-16(19)7-6-14(13)8-9-20-12-17-11-15-4-2-3-5-18(15)21-17/h2-7,10-11,20H,8-9,12H2,1H3. The fourth-order valence-electron chi connectivity index (χ4n) is 2.50. The number of halogens is 1. The third-order valence-electron chi connectivity index (χ3n) is 3.65. The van der Waals surface area contributed by atoms with Gasteiger partial charge in [0, 0.05) is 5.39 Å². The number of hydrogen-bond donors (Lipinski definition) is 1. The second kappa shape index (κ2) is 6.10. The third-order valence-corrected chi connectivity index (χ3v) is 3.65. The van der Waals surface area contributed by atoms with Crippen LogP contribution in [0.3, 0.4) is 0 Å². The zero-order valence-corrected chi connectivity index (χ0v) is 12.0. The minimum atomic E-state index is -0.175. The molecule has 3 aromatic rings. The Morgan fingerprint density at radius 3 is 2.76 bits per heavy atom. The van der Waals surface area contributed by atoms with Crippen LogP contribution in [0.1, 0.15) is 16.9 Å². The lowest BCUT2D eigenvalue weighted by Crippen LogP contribution is -2.16. The van der Waals surface area contributed by atoms with Crippen molar-refractivity contribution in [1.29, 1.82) is 0 Å². The van der Waals surface area contributed by atoms with E-state index in [0.717, 1.165) is 35.3 Å². The summed E-state index contributed by atoms with van der Waals surface area (Å²) < 4.78 is 18.8. The monoisotopic (exact) mass is 283 g/mol. The SMILES string of the molecule is Cc1cc(F)ccc1CCNCc1cc2ccccc2o1. The largest absolute Gasteiger partial charge is 0.460 e. The maximum atomic E-state index is 13.0. The molecule has 2 aromatic carbocycles. The summed E-state index contributed by atoms with van der Waals surface area (Å²) in [6, 6.07) is 15.0. The molecule has 0 saturated heterocycles. The minimum Gasteiger partial charge on any atom is -0.460 e. The summed E-state index contributed by atoms with van der Waals surface area (Å²) in [5, 5.41) is 4.49. The summed E-state index contributed by atoms with van der Waals surface area (Å²) in [6.07, 6.45) is 0.881. The molecule has 1 heterocycles. The van der Waals surface area contributed by atoms with E-state index in [1.165, 1.54) is 11.6 Å². The van der Waals surface area contributed by atoms with Crippen molar-refractivity contribution < 1.29 is 8.81 Å². The van der Waals surface area contributed by atoms with Crippen LogP contribution in [0.4, 0.5) is 4.39 Å². The molecule has 0 aliphatic heterocycles.